The highest BCUT2D eigenvalue weighted by molar-refractivity contribution is 7.91. The van der Waals surface area contributed by atoms with Crippen LogP contribution in [0.2, 0.25) is 0 Å². The predicted molar refractivity (Wildman–Crippen MR) is 69.9 cm³/mol. The van der Waals surface area contributed by atoms with E-state index in [4.69, 9.17) is 0 Å². The van der Waals surface area contributed by atoms with Gasteiger partial charge in [-0.3, -0.25) is 0 Å². The molecule has 3 nitrogen and oxygen atoms in total. The molecule has 0 spiro atoms. The summed E-state index contributed by atoms with van der Waals surface area (Å²) in [7, 11) is -2.86. The van der Waals surface area contributed by atoms with Crippen LogP contribution in [0.1, 0.15) is 30.4 Å². The topological polar surface area (TPSA) is 46.2 Å². The molecule has 0 bridgehead atoms. The molecule has 1 heterocycles. The number of hydrogen-bond donors (Lipinski definition) is 1. The Kier molecular flexibility index (Phi) is 4.52. The fourth-order valence-electron chi connectivity index (χ4n) is 2.20. The van der Waals surface area contributed by atoms with Crippen LogP contribution in [0.5, 0.6) is 0 Å². The van der Waals surface area contributed by atoms with Crippen molar-refractivity contribution in [2.75, 3.05) is 11.5 Å². The van der Waals surface area contributed by atoms with Crippen molar-refractivity contribution in [3.8, 4) is 0 Å². The number of sulfone groups is 1. The van der Waals surface area contributed by atoms with Gasteiger partial charge in [-0.25, -0.2) is 17.2 Å². The first kappa shape index (κ1) is 14.4. The molecule has 2 rings (SSSR count). The van der Waals surface area contributed by atoms with Crippen molar-refractivity contribution >= 4 is 9.84 Å². The molecule has 0 aliphatic carbocycles. The van der Waals surface area contributed by atoms with Crippen molar-refractivity contribution < 1.29 is 17.2 Å². The molecule has 1 aliphatic heterocycles. The van der Waals surface area contributed by atoms with Crippen LogP contribution in [0.15, 0.2) is 24.3 Å². The van der Waals surface area contributed by atoms with Crippen LogP contribution in [0.25, 0.3) is 0 Å². The number of halogens is 2. The van der Waals surface area contributed by atoms with Gasteiger partial charge < -0.3 is 5.32 Å². The molecule has 1 saturated heterocycles. The maximum Gasteiger partial charge on any atom is 0.263 e. The summed E-state index contributed by atoms with van der Waals surface area (Å²) in [6, 6.07) is 6.44. The zero-order chi connectivity index (χ0) is 13.9. The van der Waals surface area contributed by atoms with Crippen molar-refractivity contribution in [2.45, 2.75) is 31.9 Å². The van der Waals surface area contributed by atoms with Gasteiger partial charge in [0.2, 0.25) is 0 Å². The average Bonchev–Trinajstić information content (AvgIpc) is 2.38. The second-order valence-electron chi connectivity index (χ2n) is 4.85. The average molecular weight is 289 g/mol. The standard InChI is InChI=1S/C13H17F2NO2S/c14-13(15)11-3-1-2-10(8-11)9-16-12-4-6-19(17,18)7-5-12/h1-3,8,12-13,16H,4-7,9H2. The first-order chi connectivity index (χ1) is 8.96. The minimum atomic E-state index is -2.86. The summed E-state index contributed by atoms with van der Waals surface area (Å²) in [4.78, 5) is 0. The van der Waals surface area contributed by atoms with E-state index in [1.165, 1.54) is 12.1 Å². The highest BCUT2D eigenvalue weighted by atomic mass is 32.2. The fraction of sp³-hybridized carbons (Fsp3) is 0.538. The van der Waals surface area contributed by atoms with Gasteiger partial charge in [0.25, 0.3) is 6.43 Å². The van der Waals surface area contributed by atoms with E-state index in [9.17, 15) is 17.2 Å². The molecule has 0 saturated carbocycles. The Morgan fingerprint density at radius 3 is 2.58 bits per heavy atom. The summed E-state index contributed by atoms with van der Waals surface area (Å²) in [5, 5.41) is 3.23. The van der Waals surface area contributed by atoms with E-state index >= 15 is 0 Å². The maximum absolute atomic E-state index is 12.5. The Bertz CT molecular complexity index is 517. The van der Waals surface area contributed by atoms with E-state index in [0.29, 0.717) is 19.4 Å². The van der Waals surface area contributed by atoms with Gasteiger partial charge in [0.05, 0.1) is 11.5 Å². The van der Waals surface area contributed by atoms with Crippen LogP contribution in [0.4, 0.5) is 8.78 Å². The number of nitrogens with one attached hydrogen (secondary N) is 1. The molecule has 6 heteroatoms. The molecule has 1 aromatic rings. The monoisotopic (exact) mass is 289 g/mol. The third kappa shape index (κ3) is 4.24. The van der Waals surface area contributed by atoms with Crippen molar-refractivity contribution in [3.05, 3.63) is 35.4 Å². The van der Waals surface area contributed by atoms with E-state index in [2.05, 4.69) is 5.32 Å². The smallest absolute Gasteiger partial charge is 0.263 e. The van der Waals surface area contributed by atoms with Crippen molar-refractivity contribution in [1.82, 2.24) is 5.32 Å². The highest BCUT2D eigenvalue weighted by Gasteiger charge is 2.22. The van der Waals surface area contributed by atoms with Crippen LogP contribution in [0.3, 0.4) is 0 Å². The van der Waals surface area contributed by atoms with E-state index in [1.807, 2.05) is 0 Å². The van der Waals surface area contributed by atoms with Gasteiger partial charge in [-0.2, -0.15) is 0 Å². The molecular formula is C13H17F2NO2S. The molecule has 106 valence electrons. The first-order valence-corrected chi connectivity index (χ1v) is 8.09. The van der Waals surface area contributed by atoms with Crippen LogP contribution in [0, 0.1) is 0 Å². The summed E-state index contributed by atoms with van der Waals surface area (Å²) in [6.07, 6.45) is -1.27. The van der Waals surface area contributed by atoms with Gasteiger partial charge >= 0.3 is 0 Å². The molecule has 0 atom stereocenters. The number of alkyl halides is 2. The minimum absolute atomic E-state index is 0.0190. The molecule has 1 aromatic carbocycles. The number of rotatable bonds is 4. The lowest BCUT2D eigenvalue weighted by Crippen LogP contribution is -2.37. The number of benzene rings is 1. The summed E-state index contributed by atoms with van der Waals surface area (Å²) >= 11 is 0. The van der Waals surface area contributed by atoms with E-state index in [0.717, 1.165) is 5.56 Å². The SMILES string of the molecule is O=S1(=O)CCC(NCc2cccc(C(F)F)c2)CC1. The van der Waals surface area contributed by atoms with Gasteiger partial charge in [-0.1, -0.05) is 18.2 Å². The van der Waals surface area contributed by atoms with E-state index < -0.39 is 16.3 Å². The molecule has 1 fully saturated rings. The molecule has 1 aliphatic rings. The van der Waals surface area contributed by atoms with Crippen molar-refractivity contribution in [1.29, 1.82) is 0 Å². The molecule has 0 aromatic heterocycles. The zero-order valence-corrected chi connectivity index (χ0v) is 11.3. The Hall–Kier alpha value is -1.01. The second kappa shape index (κ2) is 5.96. The maximum atomic E-state index is 12.5. The van der Waals surface area contributed by atoms with Crippen LogP contribution >= 0.6 is 0 Å². The molecule has 19 heavy (non-hydrogen) atoms. The van der Waals surface area contributed by atoms with Gasteiger partial charge in [-0.15, -0.1) is 0 Å². The number of hydrogen-bond acceptors (Lipinski definition) is 3. The largest absolute Gasteiger partial charge is 0.310 e. The normalized spacial score (nSPS) is 19.7. The third-order valence-corrected chi connectivity index (χ3v) is 5.07. The lowest BCUT2D eigenvalue weighted by molar-refractivity contribution is 0.151. The predicted octanol–water partition coefficient (Wildman–Crippen LogP) is 2.29. The van der Waals surface area contributed by atoms with Crippen molar-refractivity contribution in [3.63, 3.8) is 0 Å². The van der Waals surface area contributed by atoms with Crippen LogP contribution < -0.4 is 5.32 Å². The fourth-order valence-corrected chi connectivity index (χ4v) is 3.69. The highest BCUT2D eigenvalue weighted by Crippen LogP contribution is 2.20. The summed E-state index contributed by atoms with van der Waals surface area (Å²) in [5.41, 5.74) is 0.816. The zero-order valence-electron chi connectivity index (χ0n) is 10.5. The Labute approximate surface area is 111 Å². The van der Waals surface area contributed by atoms with Gasteiger partial charge in [0.15, 0.2) is 0 Å². The van der Waals surface area contributed by atoms with Crippen molar-refractivity contribution in [2.24, 2.45) is 0 Å². The quantitative estimate of drug-likeness (QED) is 0.925. The molecule has 0 amide bonds. The van der Waals surface area contributed by atoms with Crippen LogP contribution in [-0.2, 0) is 16.4 Å². The third-order valence-electron chi connectivity index (χ3n) is 3.35. The lowest BCUT2D eigenvalue weighted by Gasteiger charge is -2.23. The minimum Gasteiger partial charge on any atom is -0.310 e. The Morgan fingerprint density at radius 1 is 1.26 bits per heavy atom. The van der Waals surface area contributed by atoms with Gasteiger partial charge in [-0.05, 0) is 24.5 Å². The van der Waals surface area contributed by atoms with Crippen LogP contribution in [-0.4, -0.2) is 26.0 Å². The Morgan fingerprint density at radius 2 is 1.95 bits per heavy atom. The first-order valence-electron chi connectivity index (χ1n) is 6.27. The van der Waals surface area contributed by atoms with E-state index in [-0.39, 0.29) is 23.1 Å². The summed E-state index contributed by atoms with van der Waals surface area (Å²) < 4.78 is 47.6. The van der Waals surface area contributed by atoms with Gasteiger partial charge in [0.1, 0.15) is 9.84 Å². The molecule has 0 unspecified atom stereocenters. The summed E-state index contributed by atoms with van der Waals surface area (Å²) in [5.74, 6) is 0.420. The Balaban J connectivity index is 1.87. The molecular weight excluding hydrogens is 272 g/mol. The molecule has 1 N–H and O–H groups in total. The summed E-state index contributed by atoms with van der Waals surface area (Å²) in [6.45, 7) is 0.491. The second-order valence-corrected chi connectivity index (χ2v) is 7.16. The lowest BCUT2D eigenvalue weighted by atomic mass is 10.1. The van der Waals surface area contributed by atoms with Gasteiger partial charge in [0, 0.05) is 18.2 Å². The van der Waals surface area contributed by atoms with E-state index in [1.54, 1.807) is 12.1 Å². The molecule has 0 radical (unpaired) electrons.